The van der Waals surface area contributed by atoms with Crippen molar-refractivity contribution in [1.29, 1.82) is 0 Å². The normalized spacial score (nSPS) is 24.7. The van der Waals surface area contributed by atoms with Gasteiger partial charge in [0.1, 0.15) is 5.41 Å². The Kier molecular flexibility index (Phi) is 5.98. The van der Waals surface area contributed by atoms with Gasteiger partial charge in [0.25, 0.3) is 0 Å². The number of hydrogen-bond donors (Lipinski definition) is 0. The predicted molar refractivity (Wildman–Crippen MR) is 67.1 cm³/mol. The van der Waals surface area contributed by atoms with Gasteiger partial charge in [0.2, 0.25) is 0 Å². The van der Waals surface area contributed by atoms with Crippen LogP contribution >= 0.6 is 11.8 Å². The number of thioether (sulfide) groups is 1. The molecule has 0 spiro atoms. The van der Waals surface area contributed by atoms with Gasteiger partial charge in [-0.3, -0.25) is 9.59 Å². The lowest BCUT2D eigenvalue weighted by molar-refractivity contribution is -0.169. The average Bonchev–Trinajstić information content (AvgIpc) is 2.32. The smallest absolute Gasteiger partial charge is 0.322 e. The van der Waals surface area contributed by atoms with E-state index in [0.717, 1.165) is 12.2 Å². The van der Waals surface area contributed by atoms with Gasteiger partial charge in [-0.15, -0.1) is 0 Å². The summed E-state index contributed by atoms with van der Waals surface area (Å²) in [5.74, 6) is 0.503. The first-order valence-electron chi connectivity index (χ1n) is 5.94. The second-order valence-electron chi connectivity index (χ2n) is 4.12. The van der Waals surface area contributed by atoms with Crippen molar-refractivity contribution < 1.29 is 19.1 Å². The number of Topliss-reactive ketones (excluding diaryl/α,β-unsaturated/α-hetero) is 1. The molecule has 1 unspecified atom stereocenters. The van der Waals surface area contributed by atoms with Crippen molar-refractivity contribution in [2.24, 2.45) is 5.41 Å². The van der Waals surface area contributed by atoms with Crippen molar-refractivity contribution >= 4 is 23.5 Å². The van der Waals surface area contributed by atoms with Crippen LogP contribution in [-0.2, 0) is 19.1 Å². The van der Waals surface area contributed by atoms with Crippen molar-refractivity contribution in [3.8, 4) is 0 Å². The third kappa shape index (κ3) is 3.45. The molecule has 1 saturated heterocycles. The molecule has 0 radical (unpaired) electrons. The topological polar surface area (TPSA) is 52.6 Å². The molecule has 0 aromatic rings. The van der Waals surface area contributed by atoms with Gasteiger partial charge in [-0.2, -0.15) is 11.8 Å². The molecule has 1 heterocycles. The Morgan fingerprint density at radius 2 is 2.35 bits per heavy atom. The van der Waals surface area contributed by atoms with Crippen molar-refractivity contribution in [1.82, 2.24) is 0 Å². The molecule has 98 valence electrons. The predicted octanol–water partition coefficient (Wildman–Crippen LogP) is 1.67. The number of ketones is 1. The summed E-state index contributed by atoms with van der Waals surface area (Å²) in [7, 11) is 0. The maximum absolute atomic E-state index is 12.0. The van der Waals surface area contributed by atoms with E-state index in [0.29, 0.717) is 26.1 Å². The van der Waals surface area contributed by atoms with Gasteiger partial charge in [0.05, 0.1) is 19.8 Å². The Bertz CT molecular complexity index is 280. The van der Waals surface area contributed by atoms with Crippen LogP contribution in [0.2, 0.25) is 0 Å². The van der Waals surface area contributed by atoms with Crippen molar-refractivity contribution in [2.75, 3.05) is 31.8 Å². The van der Waals surface area contributed by atoms with Gasteiger partial charge >= 0.3 is 5.97 Å². The highest BCUT2D eigenvalue weighted by Crippen LogP contribution is 2.32. The van der Waals surface area contributed by atoms with Crippen molar-refractivity contribution in [3.63, 3.8) is 0 Å². The molecule has 5 heteroatoms. The number of carbonyl (C=O) groups is 2. The maximum Gasteiger partial charge on any atom is 0.322 e. The average molecular weight is 260 g/mol. The fraction of sp³-hybridized carbons (Fsp3) is 0.833. The number of rotatable bonds is 6. The third-order valence-corrected chi connectivity index (χ3v) is 3.67. The van der Waals surface area contributed by atoms with Crippen LogP contribution in [0.15, 0.2) is 0 Å². The standard InChI is InChI=1S/C12H20O4S/c1-3-16-11(14)12(6-4-8-17-2)9-15-7-5-10(12)13/h3-9H2,1-2H3. The molecule has 0 aromatic carbocycles. The molecule has 4 nitrogen and oxygen atoms in total. The Morgan fingerprint density at radius 3 is 2.94 bits per heavy atom. The van der Waals surface area contributed by atoms with Crippen LogP contribution in [0.5, 0.6) is 0 Å². The zero-order chi connectivity index (χ0) is 12.7. The summed E-state index contributed by atoms with van der Waals surface area (Å²) in [4.78, 5) is 24.0. The first-order chi connectivity index (χ1) is 8.17. The van der Waals surface area contributed by atoms with Crippen molar-refractivity contribution in [3.05, 3.63) is 0 Å². The highest BCUT2D eigenvalue weighted by atomic mass is 32.2. The lowest BCUT2D eigenvalue weighted by atomic mass is 9.77. The summed E-state index contributed by atoms with van der Waals surface area (Å²) < 4.78 is 10.4. The molecule has 0 saturated carbocycles. The van der Waals surface area contributed by atoms with Crippen LogP contribution in [0, 0.1) is 5.41 Å². The molecule has 0 aliphatic carbocycles. The van der Waals surface area contributed by atoms with Gasteiger partial charge in [0.15, 0.2) is 5.78 Å². The molecule has 0 amide bonds. The van der Waals surface area contributed by atoms with E-state index in [4.69, 9.17) is 9.47 Å². The Hall–Kier alpha value is -0.550. The van der Waals surface area contributed by atoms with Gasteiger partial charge in [0, 0.05) is 6.42 Å². The Morgan fingerprint density at radius 1 is 1.59 bits per heavy atom. The molecule has 17 heavy (non-hydrogen) atoms. The minimum Gasteiger partial charge on any atom is -0.465 e. The largest absolute Gasteiger partial charge is 0.465 e. The van der Waals surface area contributed by atoms with Crippen LogP contribution in [0.4, 0.5) is 0 Å². The highest BCUT2D eigenvalue weighted by Gasteiger charge is 2.48. The summed E-state index contributed by atoms with van der Waals surface area (Å²) in [5, 5.41) is 0. The SMILES string of the molecule is CCOC(=O)C1(CCCSC)COCCC1=O. The maximum atomic E-state index is 12.0. The Balaban J connectivity index is 2.74. The van der Waals surface area contributed by atoms with Gasteiger partial charge in [-0.1, -0.05) is 0 Å². The first-order valence-corrected chi connectivity index (χ1v) is 7.34. The van der Waals surface area contributed by atoms with Crippen LogP contribution in [0.1, 0.15) is 26.2 Å². The van der Waals surface area contributed by atoms with E-state index in [1.807, 2.05) is 6.26 Å². The number of ether oxygens (including phenoxy) is 2. The fourth-order valence-corrected chi connectivity index (χ4v) is 2.44. The van der Waals surface area contributed by atoms with E-state index in [2.05, 4.69) is 0 Å². The molecule has 1 rings (SSSR count). The lowest BCUT2D eigenvalue weighted by Crippen LogP contribution is -2.48. The summed E-state index contributed by atoms with van der Waals surface area (Å²) in [5.41, 5.74) is -1.04. The van der Waals surface area contributed by atoms with E-state index in [1.54, 1.807) is 18.7 Å². The number of esters is 1. The first kappa shape index (κ1) is 14.5. The zero-order valence-electron chi connectivity index (χ0n) is 10.5. The number of hydrogen-bond acceptors (Lipinski definition) is 5. The minimum atomic E-state index is -1.04. The van der Waals surface area contributed by atoms with E-state index in [9.17, 15) is 9.59 Å². The summed E-state index contributed by atoms with van der Waals surface area (Å²) in [6.45, 7) is 2.65. The molecule has 1 fully saturated rings. The van der Waals surface area contributed by atoms with Gasteiger partial charge in [-0.25, -0.2) is 0 Å². The molecule has 1 aliphatic heterocycles. The van der Waals surface area contributed by atoms with Gasteiger partial charge < -0.3 is 9.47 Å². The second-order valence-corrected chi connectivity index (χ2v) is 5.11. The quantitative estimate of drug-likeness (QED) is 0.413. The zero-order valence-corrected chi connectivity index (χ0v) is 11.3. The molecular weight excluding hydrogens is 240 g/mol. The van der Waals surface area contributed by atoms with Gasteiger partial charge in [-0.05, 0) is 31.8 Å². The molecule has 1 aliphatic rings. The third-order valence-electron chi connectivity index (χ3n) is 2.97. The van der Waals surface area contributed by atoms with E-state index >= 15 is 0 Å². The Labute approximate surface area is 106 Å². The van der Waals surface area contributed by atoms with Crippen LogP contribution in [0.3, 0.4) is 0 Å². The van der Waals surface area contributed by atoms with E-state index in [-0.39, 0.29) is 12.4 Å². The molecule has 1 atom stereocenters. The molecule has 0 aromatic heterocycles. The summed E-state index contributed by atoms with van der Waals surface area (Å²) >= 11 is 1.71. The highest BCUT2D eigenvalue weighted by molar-refractivity contribution is 7.98. The lowest BCUT2D eigenvalue weighted by Gasteiger charge is -2.33. The van der Waals surface area contributed by atoms with Crippen LogP contribution in [-0.4, -0.2) is 43.6 Å². The minimum absolute atomic E-state index is 0.0247. The second kappa shape index (κ2) is 7.01. The van der Waals surface area contributed by atoms with Crippen molar-refractivity contribution in [2.45, 2.75) is 26.2 Å². The van der Waals surface area contributed by atoms with Crippen LogP contribution in [0.25, 0.3) is 0 Å². The number of carbonyl (C=O) groups excluding carboxylic acids is 2. The molecule has 0 N–H and O–H groups in total. The summed E-state index contributed by atoms with van der Waals surface area (Å²) in [6, 6.07) is 0. The van der Waals surface area contributed by atoms with Crippen LogP contribution < -0.4 is 0 Å². The fourth-order valence-electron chi connectivity index (χ4n) is 2.00. The molecular formula is C12H20O4S. The van der Waals surface area contributed by atoms with E-state index < -0.39 is 11.4 Å². The summed E-state index contributed by atoms with van der Waals surface area (Å²) in [6.07, 6.45) is 3.69. The van der Waals surface area contributed by atoms with E-state index in [1.165, 1.54) is 0 Å². The monoisotopic (exact) mass is 260 g/mol. The molecule has 0 bridgehead atoms.